The van der Waals surface area contributed by atoms with Gasteiger partial charge < -0.3 is 30.9 Å². The first-order valence-corrected chi connectivity index (χ1v) is 14.8. The van der Waals surface area contributed by atoms with Crippen LogP contribution in [0.25, 0.3) is 11.2 Å². The minimum absolute atomic E-state index is 0.0508. The van der Waals surface area contributed by atoms with Crippen LogP contribution >= 0.6 is 23.3 Å². The van der Waals surface area contributed by atoms with Crippen LogP contribution in [0.1, 0.15) is 24.7 Å². The summed E-state index contributed by atoms with van der Waals surface area (Å²) >= 11 is 2.12. The number of amides is 2. The fraction of sp³-hybridized carbons (Fsp3) is 0.417. The van der Waals surface area contributed by atoms with Gasteiger partial charge in [0, 0.05) is 28.9 Å². The molecular weight excluding hydrogens is 591 g/mol. The molecule has 15 nitrogen and oxygen atoms in total. The molecule has 3 aromatic rings. The van der Waals surface area contributed by atoms with E-state index in [0.29, 0.717) is 17.4 Å². The zero-order chi connectivity index (χ0) is 29.4. The Morgan fingerprint density at radius 2 is 2.17 bits per heavy atom. The number of carbonyl (C=O) groups is 3. The van der Waals surface area contributed by atoms with Crippen LogP contribution in [0.4, 0.5) is 9.52 Å². The Labute approximate surface area is 245 Å². The van der Waals surface area contributed by atoms with Crippen LogP contribution in [0.15, 0.2) is 41.1 Å². The van der Waals surface area contributed by atoms with Crippen molar-refractivity contribution in [2.45, 2.75) is 36.8 Å². The Kier molecular flexibility index (Phi) is 7.74. The first kappa shape index (κ1) is 28.0. The van der Waals surface area contributed by atoms with E-state index in [0.717, 1.165) is 48.6 Å². The first-order valence-electron chi connectivity index (χ1n) is 13.0. The number of piperidine rings is 1. The SMILES string of the molecule is Nc1nc(C(=NOCF)C(=O)NC2C(=O)N3C(C(=O)O)=C(C[n+]4cccc5c4ncn5C4CCNCC4)CSC23)ns1. The second kappa shape index (κ2) is 11.6. The summed E-state index contributed by atoms with van der Waals surface area (Å²) in [6.45, 7) is 0.791. The Balaban J connectivity index is 1.23. The van der Waals surface area contributed by atoms with E-state index in [9.17, 15) is 23.9 Å². The lowest BCUT2D eigenvalue weighted by atomic mass is 10.0. The third-order valence-electron chi connectivity index (χ3n) is 7.28. The highest BCUT2D eigenvalue weighted by molar-refractivity contribution is 8.00. The number of aromatic nitrogens is 5. The van der Waals surface area contributed by atoms with Crippen LogP contribution in [0.2, 0.25) is 0 Å². The smallest absolute Gasteiger partial charge is 0.352 e. The summed E-state index contributed by atoms with van der Waals surface area (Å²) in [5, 5.41) is 18.8. The molecule has 3 aromatic heterocycles. The number of nitrogens with two attached hydrogens (primary N) is 1. The zero-order valence-corrected chi connectivity index (χ0v) is 23.6. The van der Waals surface area contributed by atoms with Gasteiger partial charge in [-0.05, 0) is 43.0 Å². The van der Waals surface area contributed by atoms with E-state index in [-0.39, 0.29) is 23.2 Å². The quantitative estimate of drug-likeness (QED) is 0.107. The van der Waals surface area contributed by atoms with Crippen molar-refractivity contribution in [3.05, 3.63) is 41.8 Å². The van der Waals surface area contributed by atoms with Crippen molar-refractivity contribution in [1.82, 2.24) is 34.4 Å². The summed E-state index contributed by atoms with van der Waals surface area (Å²) in [6.07, 6.45) is 5.65. The Bertz CT molecular complexity index is 1620. The number of fused-ring (bicyclic) bond motifs is 2. The molecule has 0 aliphatic carbocycles. The number of alkyl halides is 1. The molecule has 0 radical (unpaired) electrons. The normalized spacial score (nSPS) is 21.3. The highest BCUT2D eigenvalue weighted by atomic mass is 32.2. The molecule has 2 fully saturated rings. The number of halogens is 1. The van der Waals surface area contributed by atoms with E-state index >= 15 is 0 Å². The molecule has 0 aromatic carbocycles. The number of nitrogens with zero attached hydrogens (tertiary/aromatic N) is 7. The lowest BCUT2D eigenvalue weighted by Crippen LogP contribution is -2.71. The monoisotopic (exact) mass is 617 g/mol. The van der Waals surface area contributed by atoms with Crippen LogP contribution in [0.3, 0.4) is 0 Å². The summed E-state index contributed by atoms with van der Waals surface area (Å²) in [5.74, 6) is -2.63. The molecule has 0 saturated carbocycles. The van der Waals surface area contributed by atoms with E-state index in [1.807, 2.05) is 29.2 Å². The first-order chi connectivity index (χ1) is 20.4. The van der Waals surface area contributed by atoms with Gasteiger partial charge in [0.15, 0.2) is 5.13 Å². The molecular formula is C24H26FN10O5S2+. The largest absolute Gasteiger partial charge is 0.477 e. The number of anilines is 1. The Morgan fingerprint density at radius 1 is 1.36 bits per heavy atom. The number of aliphatic carboxylic acids is 1. The van der Waals surface area contributed by atoms with E-state index in [1.165, 1.54) is 16.7 Å². The number of carboxylic acid groups (broad SMARTS) is 1. The van der Waals surface area contributed by atoms with Crippen molar-refractivity contribution in [2.24, 2.45) is 5.16 Å². The van der Waals surface area contributed by atoms with Crippen molar-refractivity contribution in [3.8, 4) is 0 Å². The van der Waals surface area contributed by atoms with Crippen LogP contribution in [0, 0.1) is 0 Å². The Hall–Kier alpha value is -4.16. The number of hydrogen-bond donors (Lipinski definition) is 4. The molecule has 220 valence electrons. The molecule has 2 atom stereocenters. The average Bonchev–Trinajstić information content (AvgIpc) is 3.63. The molecule has 6 heterocycles. The van der Waals surface area contributed by atoms with Gasteiger partial charge in [0.2, 0.25) is 17.9 Å². The number of β-lactam (4-membered cyclic amide) rings is 1. The van der Waals surface area contributed by atoms with E-state index < -0.39 is 41.8 Å². The van der Waals surface area contributed by atoms with Crippen LogP contribution in [0.5, 0.6) is 0 Å². The van der Waals surface area contributed by atoms with Gasteiger partial charge in [-0.1, -0.05) is 5.16 Å². The highest BCUT2D eigenvalue weighted by Gasteiger charge is 2.54. The fourth-order valence-electron chi connectivity index (χ4n) is 5.38. The van der Waals surface area contributed by atoms with Gasteiger partial charge in [0.25, 0.3) is 18.7 Å². The molecule has 0 spiro atoms. The van der Waals surface area contributed by atoms with Crippen molar-refractivity contribution >= 4 is 63.1 Å². The van der Waals surface area contributed by atoms with Crippen LogP contribution < -0.4 is 20.9 Å². The second-order valence-electron chi connectivity index (χ2n) is 9.73. The number of pyridine rings is 1. The third-order valence-corrected chi connectivity index (χ3v) is 9.16. The molecule has 3 aliphatic rings. The fourth-order valence-corrected chi connectivity index (χ4v) is 7.15. The molecule has 2 amide bonds. The molecule has 2 unspecified atom stereocenters. The number of thioether (sulfide) groups is 1. The maximum absolute atomic E-state index is 13.2. The van der Waals surface area contributed by atoms with Crippen molar-refractivity contribution in [2.75, 3.05) is 31.4 Å². The third kappa shape index (κ3) is 5.05. The lowest BCUT2D eigenvalue weighted by molar-refractivity contribution is -0.664. The second-order valence-corrected chi connectivity index (χ2v) is 11.6. The molecule has 3 aliphatic heterocycles. The van der Waals surface area contributed by atoms with Crippen LogP contribution in [-0.2, 0) is 25.8 Å². The topological polar surface area (TPSA) is 194 Å². The summed E-state index contributed by atoms with van der Waals surface area (Å²) in [7, 11) is 0. The number of imidazole rings is 1. The number of carbonyl (C=O) groups excluding carboxylic acids is 2. The molecule has 0 bridgehead atoms. The summed E-state index contributed by atoms with van der Waals surface area (Å²) in [6, 6.07) is 3.17. The summed E-state index contributed by atoms with van der Waals surface area (Å²) in [5.41, 5.74) is 7.21. The van der Waals surface area contributed by atoms with Gasteiger partial charge in [0.05, 0.1) is 6.20 Å². The number of oxime groups is 1. The van der Waals surface area contributed by atoms with Gasteiger partial charge in [-0.15, -0.1) is 11.8 Å². The van der Waals surface area contributed by atoms with Gasteiger partial charge in [0.1, 0.15) is 29.2 Å². The van der Waals surface area contributed by atoms with Gasteiger partial charge in [-0.3, -0.25) is 14.5 Å². The van der Waals surface area contributed by atoms with Gasteiger partial charge in [-0.25, -0.2) is 13.8 Å². The molecule has 6 rings (SSSR count). The number of rotatable bonds is 9. The van der Waals surface area contributed by atoms with E-state index in [1.54, 1.807) is 0 Å². The summed E-state index contributed by atoms with van der Waals surface area (Å²) in [4.78, 5) is 52.7. The highest BCUT2D eigenvalue weighted by Crippen LogP contribution is 2.40. The lowest BCUT2D eigenvalue weighted by Gasteiger charge is -2.49. The maximum atomic E-state index is 13.2. The summed E-state index contributed by atoms with van der Waals surface area (Å²) < 4.78 is 20.5. The number of nitrogens with one attached hydrogen (secondary N) is 2. The number of carboxylic acids is 1. The molecule has 42 heavy (non-hydrogen) atoms. The predicted molar refractivity (Wildman–Crippen MR) is 149 cm³/mol. The molecule has 18 heteroatoms. The van der Waals surface area contributed by atoms with Crippen molar-refractivity contribution in [1.29, 1.82) is 0 Å². The van der Waals surface area contributed by atoms with E-state index in [4.69, 9.17) is 5.73 Å². The average molecular weight is 618 g/mol. The van der Waals surface area contributed by atoms with Crippen molar-refractivity contribution in [3.63, 3.8) is 0 Å². The number of nitrogen functional groups attached to an aromatic ring is 1. The Morgan fingerprint density at radius 3 is 2.88 bits per heavy atom. The predicted octanol–water partition coefficient (Wildman–Crippen LogP) is -0.231. The minimum atomic E-state index is -1.30. The zero-order valence-electron chi connectivity index (χ0n) is 22.0. The maximum Gasteiger partial charge on any atom is 0.352 e. The van der Waals surface area contributed by atoms with E-state index in [2.05, 4.69) is 39.5 Å². The van der Waals surface area contributed by atoms with Gasteiger partial charge in [-0.2, -0.15) is 9.36 Å². The van der Waals surface area contributed by atoms with Crippen LogP contribution in [-0.4, -0.2) is 89.5 Å². The minimum Gasteiger partial charge on any atom is -0.477 e. The number of hydrogen-bond acceptors (Lipinski definition) is 12. The molecule has 5 N–H and O–H groups in total. The van der Waals surface area contributed by atoms with Gasteiger partial charge >= 0.3 is 11.6 Å². The standard InChI is InChI=1S/C24H25FN10O5S2/c25-10-40-31-15(18-30-24(26)42-32-18)20(36)29-16-21(37)35-17(23(38)39)12(9-41-22(16)35)8-33-7-1-2-14-19(33)28-11-34(14)13-3-5-27-6-4-13/h1-2,7,11,13,16,22,27H,3-6,8-10H2,(H3-,26,29,30,32,36,38,39)/p+1. The molecule has 2 saturated heterocycles. The van der Waals surface area contributed by atoms with Crippen molar-refractivity contribution < 1.29 is 33.3 Å².